The van der Waals surface area contributed by atoms with Crippen LogP contribution in [0.4, 0.5) is 0 Å². The maximum absolute atomic E-state index is 10.2. The smallest absolute Gasteiger partial charge is 0.543 e. The van der Waals surface area contributed by atoms with Gasteiger partial charge in [-0.1, -0.05) is 18.2 Å². The fourth-order valence-corrected chi connectivity index (χ4v) is 1.99. The Morgan fingerprint density at radius 2 is 0.500 bits per heavy atom. The molecule has 3 rings (SSSR count). The van der Waals surface area contributed by atoms with Gasteiger partial charge in [-0.25, -0.2) is 15.0 Å². The molecule has 0 amide bonds. The van der Waals surface area contributed by atoms with Crippen molar-refractivity contribution in [3.63, 3.8) is 0 Å². The molecule has 3 aromatic heterocycles. The summed E-state index contributed by atoms with van der Waals surface area (Å²) in [5.74, 6) is -9.09. The Morgan fingerprint density at radius 1 is 0.368 bits per heavy atom. The van der Waals surface area contributed by atoms with Crippen LogP contribution in [-0.4, -0.2) is 50.8 Å². The van der Waals surface area contributed by atoms with Crippen molar-refractivity contribution in [3.8, 4) is 0 Å². The molecule has 0 atom stereocenters. The van der Waals surface area contributed by atoms with Gasteiger partial charge in [-0.15, -0.1) is 0 Å². The molecule has 0 spiro atoms. The van der Waals surface area contributed by atoms with E-state index in [-0.39, 0.29) is 34.7 Å². The molecule has 0 aliphatic heterocycles. The van der Waals surface area contributed by atoms with Gasteiger partial charge in [0.2, 0.25) is 0 Å². The molecular weight excluding hydrogens is 590 g/mol. The number of carboxylic acids is 6. The number of carbonyl (C=O) groups is 6. The molecule has 0 saturated carbocycles. The molecule has 192 valence electrons. The quantitative estimate of drug-likeness (QED) is 0.255. The minimum atomic E-state index is -1.52. The topological polar surface area (TPSA) is 279 Å². The van der Waals surface area contributed by atoms with Crippen LogP contribution in [0.3, 0.4) is 0 Å². The van der Waals surface area contributed by atoms with Gasteiger partial charge in [-0.2, -0.15) is 0 Å². The van der Waals surface area contributed by atoms with Crippen LogP contribution in [0.5, 0.6) is 0 Å². The van der Waals surface area contributed by atoms with Crippen molar-refractivity contribution < 1.29 is 94.1 Å². The number of nitrogens with zero attached hydrogens (tertiary/aromatic N) is 3. The zero-order valence-electron chi connectivity index (χ0n) is 18.3. The van der Waals surface area contributed by atoms with Gasteiger partial charge in [0.15, 0.2) is 0 Å². The van der Waals surface area contributed by atoms with Crippen molar-refractivity contribution in [1.82, 2.24) is 15.0 Å². The van der Waals surface area contributed by atoms with Crippen molar-refractivity contribution in [2.24, 2.45) is 0 Å². The van der Waals surface area contributed by atoms with Crippen LogP contribution in [-0.2, 0) is 34.7 Å². The van der Waals surface area contributed by atoms with Crippen LogP contribution in [0, 0.1) is 0 Å². The fourth-order valence-electron chi connectivity index (χ4n) is 1.99. The SMILES string of the molecule is O=C([O-])c1cccc(C(=O)[O-])n1.O=C([O-])c1cccc(C(=O)[O-])n1.O=C([O-])c1cccc(C(=O)[O-])n1.[Cr+3].[Cr+3]. The van der Waals surface area contributed by atoms with E-state index in [2.05, 4.69) is 15.0 Å². The van der Waals surface area contributed by atoms with E-state index in [0.717, 1.165) is 36.4 Å². The zero-order chi connectivity index (χ0) is 27.4. The normalized spacial score (nSPS) is 8.84. The van der Waals surface area contributed by atoms with Crippen LogP contribution < -0.4 is 30.6 Å². The molecule has 38 heavy (non-hydrogen) atoms. The second-order valence-electron chi connectivity index (χ2n) is 5.95. The minimum absolute atomic E-state index is 0. The zero-order valence-corrected chi connectivity index (χ0v) is 20.8. The van der Waals surface area contributed by atoms with E-state index in [1.807, 2.05) is 0 Å². The van der Waals surface area contributed by atoms with Gasteiger partial charge in [-0.3, -0.25) is 0 Å². The number of hydrogen-bond acceptors (Lipinski definition) is 15. The standard InChI is InChI=1S/3C7H5NO4.2Cr/c3*9-6(10)4-2-1-3-5(8-4)7(11)12;;/h3*1-3H,(H,9,10)(H,11,12);;/q;;;2*+3/p-6. The Morgan fingerprint density at radius 3 is 0.605 bits per heavy atom. The van der Waals surface area contributed by atoms with E-state index >= 15 is 0 Å². The van der Waals surface area contributed by atoms with Crippen LogP contribution in [0.25, 0.3) is 0 Å². The van der Waals surface area contributed by atoms with Crippen molar-refractivity contribution in [2.75, 3.05) is 0 Å². The Kier molecular flexibility index (Phi) is 15.8. The second kappa shape index (κ2) is 16.9. The third kappa shape index (κ3) is 11.8. The summed E-state index contributed by atoms with van der Waals surface area (Å²) in [6.45, 7) is 0. The molecule has 0 fully saturated rings. The molecule has 0 aliphatic carbocycles. The molecule has 17 heteroatoms. The first-order valence-electron chi connectivity index (χ1n) is 9.02. The number of pyridine rings is 3. The van der Waals surface area contributed by atoms with Gasteiger partial charge in [-0.05, 0) is 36.4 Å². The molecule has 15 nitrogen and oxygen atoms in total. The Bertz CT molecular complexity index is 1090. The number of carbonyl (C=O) groups excluding carboxylic acids is 6. The summed E-state index contributed by atoms with van der Waals surface area (Å²) in [4.78, 5) is 70.9. The van der Waals surface area contributed by atoms with Crippen LogP contribution in [0.15, 0.2) is 54.6 Å². The van der Waals surface area contributed by atoms with Gasteiger partial charge in [0.1, 0.15) is 0 Å². The van der Waals surface area contributed by atoms with Crippen LogP contribution in [0.2, 0.25) is 0 Å². The van der Waals surface area contributed by atoms with Gasteiger partial charge in [0.05, 0.1) is 70.0 Å². The summed E-state index contributed by atoms with van der Waals surface area (Å²) >= 11 is 0. The molecule has 0 bridgehead atoms. The van der Waals surface area contributed by atoms with Gasteiger partial charge < -0.3 is 59.4 Å². The summed E-state index contributed by atoms with van der Waals surface area (Å²) < 4.78 is 0. The molecule has 0 N–H and O–H groups in total. The summed E-state index contributed by atoms with van der Waals surface area (Å²) in [6.07, 6.45) is 0. The Hall–Kier alpha value is -4.67. The predicted octanol–water partition coefficient (Wildman–Crippen LogP) is -6.58. The van der Waals surface area contributed by atoms with E-state index in [1.165, 1.54) is 18.2 Å². The molecule has 3 aromatic rings. The number of carboxylic acid groups (broad SMARTS) is 6. The third-order valence-corrected chi connectivity index (χ3v) is 3.50. The van der Waals surface area contributed by atoms with E-state index in [0.29, 0.717) is 0 Å². The van der Waals surface area contributed by atoms with Crippen LogP contribution in [0.1, 0.15) is 62.9 Å². The Labute approximate surface area is 233 Å². The summed E-state index contributed by atoms with van der Waals surface area (Å²) in [5.41, 5.74) is -2.52. The second-order valence-corrected chi connectivity index (χ2v) is 5.95. The van der Waals surface area contributed by atoms with Crippen molar-refractivity contribution >= 4 is 35.8 Å². The molecule has 0 unspecified atom stereocenters. The van der Waals surface area contributed by atoms with Gasteiger partial charge in [0, 0.05) is 0 Å². The van der Waals surface area contributed by atoms with E-state index < -0.39 is 70.0 Å². The molecule has 0 saturated heterocycles. The average molecular weight is 599 g/mol. The molecule has 2 radical (unpaired) electrons. The summed E-state index contributed by atoms with van der Waals surface area (Å²) in [5, 5.41) is 61.1. The monoisotopic (exact) mass is 599 g/mol. The number of aromatic carboxylic acids is 6. The van der Waals surface area contributed by atoms with Gasteiger partial charge >= 0.3 is 34.7 Å². The Balaban J connectivity index is 0. The number of rotatable bonds is 6. The van der Waals surface area contributed by atoms with E-state index in [4.69, 9.17) is 0 Å². The summed E-state index contributed by atoms with van der Waals surface area (Å²) in [7, 11) is 0. The first-order chi connectivity index (χ1) is 16.8. The maximum Gasteiger partial charge on any atom is 3.00 e. The average Bonchev–Trinajstić information content (AvgIpc) is 2.85. The first-order valence-corrected chi connectivity index (χ1v) is 9.02. The molecule has 0 aromatic carbocycles. The molecule has 0 aliphatic rings. The molecule has 3 heterocycles. The number of aromatic nitrogens is 3. The third-order valence-electron chi connectivity index (χ3n) is 3.50. The summed E-state index contributed by atoms with van der Waals surface area (Å²) in [6, 6.07) is 10.6. The van der Waals surface area contributed by atoms with Gasteiger partial charge in [0.25, 0.3) is 0 Å². The van der Waals surface area contributed by atoms with Crippen molar-refractivity contribution in [2.45, 2.75) is 0 Å². The fraction of sp³-hybridized carbons (Fsp3) is 0. The largest absolute Gasteiger partial charge is 3.00 e. The minimum Gasteiger partial charge on any atom is -0.543 e. The van der Waals surface area contributed by atoms with Crippen molar-refractivity contribution in [1.29, 1.82) is 0 Å². The molecular formula is C21H9Cr2N3O12. The predicted molar refractivity (Wildman–Crippen MR) is 98.7 cm³/mol. The van der Waals surface area contributed by atoms with Crippen molar-refractivity contribution in [3.05, 3.63) is 88.8 Å². The van der Waals surface area contributed by atoms with Crippen LogP contribution >= 0.6 is 0 Å². The van der Waals surface area contributed by atoms with E-state index in [9.17, 15) is 59.4 Å². The number of hydrogen-bond donors (Lipinski definition) is 0. The maximum atomic E-state index is 10.2. The first kappa shape index (κ1) is 35.5. The van der Waals surface area contributed by atoms with E-state index in [1.54, 1.807) is 0 Å².